The fraction of sp³-hybridized carbons (Fsp3) is 0.522. The Morgan fingerprint density at radius 3 is 2.21 bits per heavy atom. The van der Waals surface area contributed by atoms with E-state index in [2.05, 4.69) is 20.4 Å². The van der Waals surface area contributed by atoms with Gasteiger partial charge in [0, 0.05) is 17.5 Å². The molecule has 180 valence electrons. The molecule has 34 heavy (non-hydrogen) atoms. The van der Waals surface area contributed by atoms with Crippen molar-refractivity contribution in [2.45, 2.75) is 59.4 Å². The number of carbonyl (C=O) groups is 4. The van der Waals surface area contributed by atoms with Gasteiger partial charge >= 0.3 is 5.97 Å². The van der Waals surface area contributed by atoms with E-state index in [1.807, 2.05) is 19.9 Å². The first kappa shape index (κ1) is 23.5. The summed E-state index contributed by atoms with van der Waals surface area (Å²) in [6, 6.07) is 2.38. The maximum Gasteiger partial charge on any atom is 0.329 e. The normalized spacial score (nSPS) is 20.8. The number of aryl methyl sites for hydroxylation is 3. The van der Waals surface area contributed by atoms with Gasteiger partial charge < -0.3 is 10.1 Å². The molecule has 3 amide bonds. The number of nitrogens with one attached hydrogen (secondary N) is 1. The molecular formula is C23H28N6O5. The van der Waals surface area contributed by atoms with Crippen LogP contribution < -0.4 is 5.32 Å². The summed E-state index contributed by atoms with van der Waals surface area (Å²) in [5, 5.41) is 6.98. The topological polar surface area (TPSA) is 136 Å². The van der Waals surface area contributed by atoms with Gasteiger partial charge in [0.25, 0.3) is 11.9 Å². The molecule has 11 nitrogen and oxygen atoms in total. The van der Waals surface area contributed by atoms with Gasteiger partial charge in [0.2, 0.25) is 11.8 Å². The summed E-state index contributed by atoms with van der Waals surface area (Å²) < 4.78 is 6.54. The van der Waals surface area contributed by atoms with Gasteiger partial charge in [-0.05, 0) is 46.6 Å². The van der Waals surface area contributed by atoms with E-state index in [0.29, 0.717) is 30.3 Å². The van der Waals surface area contributed by atoms with Crippen LogP contribution in [0.25, 0.3) is 5.95 Å². The van der Waals surface area contributed by atoms with Crippen LogP contribution in [0.5, 0.6) is 0 Å². The molecule has 0 spiro atoms. The summed E-state index contributed by atoms with van der Waals surface area (Å²) in [6.07, 6.45) is 3.12. The Balaban J connectivity index is 1.39. The molecule has 0 bridgehead atoms. The number of ether oxygens (including phenoxy) is 1. The molecule has 1 saturated carbocycles. The first-order valence-electron chi connectivity index (χ1n) is 11.4. The SMILES string of the molecule is Cc1cc(C)nc(-n2nc(C)cc2NC(=O)COC(=O)C(C)N2C(=O)C3CCCCC3C2=O)n1. The molecule has 11 heteroatoms. The zero-order valence-electron chi connectivity index (χ0n) is 19.7. The molecule has 2 fully saturated rings. The lowest BCUT2D eigenvalue weighted by Crippen LogP contribution is -2.45. The van der Waals surface area contributed by atoms with Crippen LogP contribution in [0.1, 0.15) is 49.7 Å². The molecule has 4 rings (SSSR count). The number of anilines is 1. The number of hydrogen-bond acceptors (Lipinski definition) is 8. The Morgan fingerprint density at radius 2 is 1.62 bits per heavy atom. The van der Waals surface area contributed by atoms with Crippen molar-refractivity contribution in [3.63, 3.8) is 0 Å². The Bertz CT molecular complexity index is 1110. The van der Waals surface area contributed by atoms with E-state index in [4.69, 9.17) is 4.74 Å². The molecule has 1 aliphatic carbocycles. The number of rotatable bonds is 6. The first-order valence-corrected chi connectivity index (χ1v) is 11.4. The fourth-order valence-corrected chi connectivity index (χ4v) is 4.65. The second-order valence-electron chi connectivity index (χ2n) is 8.91. The largest absolute Gasteiger partial charge is 0.454 e. The Kier molecular flexibility index (Phi) is 6.45. The van der Waals surface area contributed by atoms with E-state index >= 15 is 0 Å². The standard InChI is InChI=1S/C23H28N6O5/c1-12-9-13(2)25-23(24-12)29-18(10-14(3)27-29)26-19(30)11-34-22(33)15(4)28-20(31)16-7-5-6-8-17(16)21(28)32/h9-10,15-17H,5-8,11H2,1-4H3,(H,26,30). The van der Waals surface area contributed by atoms with Crippen molar-refractivity contribution in [2.75, 3.05) is 11.9 Å². The lowest BCUT2D eigenvalue weighted by Gasteiger charge is -2.21. The summed E-state index contributed by atoms with van der Waals surface area (Å²) in [5.74, 6) is -2.12. The van der Waals surface area contributed by atoms with E-state index in [-0.39, 0.29) is 23.7 Å². The predicted molar refractivity (Wildman–Crippen MR) is 120 cm³/mol. The third-order valence-corrected chi connectivity index (χ3v) is 6.21. The van der Waals surface area contributed by atoms with Crippen LogP contribution in [0.15, 0.2) is 12.1 Å². The minimum absolute atomic E-state index is 0.305. The average Bonchev–Trinajstić information content (AvgIpc) is 3.27. The number of nitrogens with zero attached hydrogens (tertiary/aromatic N) is 5. The van der Waals surface area contributed by atoms with Gasteiger partial charge in [-0.1, -0.05) is 12.8 Å². The number of hydrogen-bond donors (Lipinski definition) is 1. The van der Waals surface area contributed by atoms with Gasteiger partial charge in [0.15, 0.2) is 6.61 Å². The quantitative estimate of drug-likeness (QED) is 0.499. The van der Waals surface area contributed by atoms with Crippen molar-refractivity contribution in [2.24, 2.45) is 11.8 Å². The Morgan fingerprint density at radius 1 is 1.03 bits per heavy atom. The monoisotopic (exact) mass is 468 g/mol. The van der Waals surface area contributed by atoms with Crippen molar-refractivity contribution in [1.82, 2.24) is 24.6 Å². The molecule has 1 aliphatic heterocycles. The van der Waals surface area contributed by atoms with Crippen LogP contribution in [-0.2, 0) is 23.9 Å². The fourth-order valence-electron chi connectivity index (χ4n) is 4.65. The van der Waals surface area contributed by atoms with Crippen LogP contribution >= 0.6 is 0 Å². The third kappa shape index (κ3) is 4.55. The molecule has 1 saturated heterocycles. The van der Waals surface area contributed by atoms with Crippen LogP contribution in [0.4, 0.5) is 5.82 Å². The maximum absolute atomic E-state index is 12.7. The number of esters is 1. The van der Waals surface area contributed by atoms with Gasteiger partial charge in [0.1, 0.15) is 11.9 Å². The van der Waals surface area contributed by atoms with Crippen molar-refractivity contribution in [1.29, 1.82) is 0 Å². The molecular weight excluding hydrogens is 440 g/mol. The van der Waals surface area contributed by atoms with Crippen molar-refractivity contribution in [3.05, 3.63) is 29.2 Å². The van der Waals surface area contributed by atoms with E-state index in [1.165, 1.54) is 11.6 Å². The van der Waals surface area contributed by atoms with E-state index in [9.17, 15) is 19.2 Å². The highest BCUT2D eigenvalue weighted by atomic mass is 16.5. The van der Waals surface area contributed by atoms with Crippen LogP contribution in [0.3, 0.4) is 0 Å². The molecule has 3 atom stereocenters. The Labute approximate surface area is 196 Å². The molecule has 2 aromatic rings. The predicted octanol–water partition coefficient (Wildman–Crippen LogP) is 1.63. The highest BCUT2D eigenvalue weighted by Crippen LogP contribution is 2.38. The summed E-state index contributed by atoms with van der Waals surface area (Å²) in [6.45, 7) is 6.29. The lowest BCUT2D eigenvalue weighted by molar-refractivity contribution is -0.159. The molecule has 0 aromatic carbocycles. The second-order valence-corrected chi connectivity index (χ2v) is 8.91. The van der Waals surface area contributed by atoms with Crippen LogP contribution in [0, 0.1) is 32.6 Å². The number of fused-ring (bicyclic) bond motifs is 1. The number of amides is 3. The minimum atomic E-state index is -1.09. The van der Waals surface area contributed by atoms with E-state index in [1.54, 1.807) is 13.0 Å². The van der Waals surface area contributed by atoms with Crippen LogP contribution in [0.2, 0.25) is 0 Å². The van der Waals surface area contributed by atoms with Gasteiger partial charge in [-0.3, -0.25) is 19.3 Å². The summed E-state index contributed by atoms with van der Waals surface area (Å²) in [7, 11) is 0. The first-order chi connectivity index (χ1) is 16.2. The van der Waals surface area contributed by atoms with E-state index in [0.717, 1.165) is 29.1 Å². The summed E-state index contributed by atoms with van der Waals surface area (Å²) in [4.78, 5) is 60.2. The Hall–Kier alpha value is -3.63. The molecule has 3 heterocycles. The molecule has 2 aliphatic rings. The third-order valence-electron chi connectivity index (χ3n) is 6.21. The molecule has 0 radical (unpaired) electrons. The van der Waals surface area contributed by atoms with Crippen LogP contribution in [-0.4, -0.2) is 61.0 Å². The average molecular weight is 469 g/mol. The highest BCUT2D eigenvalue weighted by molar-refractivity contribution is 6.08. The number of aromatic nitrogens is 4. The van der Waals surface area contributed by atoms with Crippen molar-refractivity contribution in [3.8, 4) is 5.95 Å². The van der Waals surface area contributed by atoms with Gasteiger partial charge in [-0.15, -0.1) is 0 Å². The molecule has 2 aromatic heterocycles. The second kappa shape index (κ2) is 9.32. The number of carbonyl (C=O) groups excluding carboxylic acids is 4. The van der Waals surface area contributed by atoms with Gasteiger partial charge in [-0.2, -0.15) is 9.78 Å². The van der Waals surface area contributed by atoms with E-state index < -0.39 is 24.5 Å². The zero-order valence-corrected chi connectivity index (χ0v) is 19.7. The number of imide groups is 1. The maximum atomic E-state index is 12.7. The van der Waals surface area contributed by atoms with Gasteiger partial charge in [0.05, 0.1) is 17.5 Å². The smallest absolute Gasteiger partial charge is 0.329 e. The summed E-state index contributed by atoms with van der Waals surface area (Å²) in [5.41, 5.74) is 2.14. The minimum Gasteiger partial charge on any atom is -0.454 e. The number of likely N-dealkylation sites (tertiary alicyclic amines) is 1. The molecule has 3 unspecified atom stereocenters. The highest BCUT2D eigenvalue weighted by Gasteiger charge is 2.51. The van der Waals surface area contributed by atoms with Crippen molar-refractivity contribution < 1.29 is 23.9 Å². The lowest BCUT2D eigenvalue weighted by atomic mass is 9.81. The van der Waals surface area contributed by atoms with Gasteiger partial charge in [-0.25, -0.2) is 14.8 Å². The summed E-state index contributed by atoms with van der Waals surface area (Å²) >= 11 is 0. The van der Waals surface area contributed by atoms with Crippen molar-refractivity contribution >= 4 is 29.5 Å². The zero-order chi connectivity index (χ0) is 24.6. The molecule has 1 N–H and O–H groups in total.